The number of ketones is 2. The van der Waals surface area contributed by atoms with Gasteiger partial charge in [-0.3, -0.25) is 9.59 Å². The van der Waals surface area contributed by atoms with E-state index in [0.717, 1.165) is 36.8 Å². The van der Waals surface area contributed by atoms with Gasteiger partial charge in [0.05, 0.1) is 24.0 Å². The van der Waals surface area contributed by atoms with Gasteiger partial charge < -0.3 is 9.47 Å². The normalized spacial score (nSPS) is 38.3. The first-order valence-corrected chi connectivity index (χ1v) is 10.3. The molecule has 4 heteroatoms. The van der Waals surface area contributed by atoms with Crippen molar-refractivity contribution in [1.29, 1.82) is 0 Å². The van der Waals surface area contributed by atoms with Crippen molar-refractivity contribution in [2.24, 2.45) is 10.8 Å². The Bertz CT molecular complexity index is 914. The van der Waals surface area contributed by atoms with Gasteiger partial charge in [-0.25, -0.2) is 0 Å². The van der Waals surface area contributed by atoms with Crippen LogP contribution in [-0.4, -0.2) is 30.6 Å². The lowest BCUT2D eigenvalue weighted by Gasteiger charge is -2.72. The Hall–Kier alpha value is -2.04. The van der Waals surface area contributed by atoms with Crippen LogP contribution in [0.4, 0.5) is 0 Å². The first kappa shape index (κ1) is 16.9. The second-order valence-corrected chi connectivity index (χ2v) is 9.15. The Kier molecular flexibility index (Phi) is 3.08. The minimum Gasteiger partial charge on any atom is -0.349 e. The van der Waals surface area contributed by atoms with E-state index in [1.807, 2.05) is 0 Å². The molecule has 5 aliphatic carbocycles. The molecule has 0 radical (unpaired) electrons. The number of hydrogen-bond donors (Lipinski definition) is 0. The zero-order chi connectivity index (χ0) is 19.3. The Labute approximate surface area is 164 Å². The number of hydrogen-bond acceptors (Lipinski definition) is 4. The second-order valence-electron chi connectivity index (χ2n) is 9.15. The van der Waals surface area contributed by atoms with Crippen LogP contribution in [0.1, 0.15) is 44.9 Å². The minimum atomic E-state index is -0.495. The van der Waals surface area contributed by atoms with E-state index in [9.17, 15) is 9.59 Å². The van der Waals surface area contributed by atoms with E-state index in [1.165, 1.54) is 29.7 Å². The molecule has 4 nitrogen and oxygen atoms in total. The SMILES string of the molecule is C=C1C(=C)[C@@]23COC4(CCCCC4)OC[C@@]12C1=C3CC2=C(C1)C(=O)C=CC2=O. The molecule has 6 rings (SSSR count). The van der Waals surface area contributed by atoms with E-state index < -0.39 is 5.79 Å². The Morgan fingerprint density at radius 3 is 1.68 bits per heavy atom. The standard InChI is InChI=1S/C24H24O4/c1-14-15(2)24-13-28-22(8-4-3-5-9-22)27-12-23(14,24)18-10-16-17(11-19(18)24)21(26)7-6-20(16)25/h6-7H,1-5,8-13H2/t23-,24+. The topological polar surface area (TPSA) is 52.6 Å². The van der Waals surface area contributed by atoms with Crippen LogP contribution >= 0.6 is 0 Å². The van der Waals surface area contributed by atoms with Crippen LogP contribution in [0.25, 0.3) is 0 Å². The molecule has 0 aromatic heterocycles. The van der Waals surface area contributed by atoms with E-state index in [0.29, 0.717) is 37.2 Å². The molecule has 0 unspecified atom stereocenters. The molecule has 1 saturated heterocycles. The largest absolute Gasteiger partial charge is 0.349 e. The van der Waals surface area contributed by atoms with E-state index in [4.69, 9.17) is 9.47 Å². The highest BCUT2D eigenvalue weighted by Crippen LogP contribution is 2.81. The maximum absolute atomic E-state index is 12.5. The molecule has 2 atom stereocenters. The van der Waals surface area contributed by atoms with Gasteiger partial charge in [0.2, 0.25) is 0 Å². The van der Waals surface area contributed by atoms with Crippen molar-refractivity contribution >= 4 is 11.6 Å². The highest BCUT2D eigenvalue weighted by atomic mass is 16.7. The van der Waals surface area contributed by atoms with Gasteiger partial charge in [-0.2, -0.15) is 0 Å². The maximum Gasteiger partial charge on any atom is 0.182 e. The van der Waals surface area contributed by atoms with Crippen LogP contribution in [0.2, 0.25) is 0 Å². The Balaban J connectivity index is 1.42. The molecule has 0 N–H and O–H groups in total. The van der Waals surface area contributed by atoms with Crippen molar-refractivity contribution in [3.8, 4) is 0 Å². The molecule has 0 aromatic carbocycles. The summed E-state index contributed by atoms with van der Waals surface area (Å²) in [4.78, 5) is 24.9. The summed E-state index contributed by atoms with van der Waals surface area (Å²) >= 11 is 0. The first-order valence-electron chi connectivity index (χ1n) is 10.3. The third-order valence-electron chi connectivity index (χ3n) is 8.29. The van der Waals surface area contributed by atoms with Gasteiger partial charge in [0.15, 0.2) is 17.4 Å². The second kappa shape index (κ2) is 5.11. The van der Waals surface area contributed by atoms with Crippen LogP contribution in [0, 0.1) is 10.8 Å². The number of carbonyl (C=O) groups is 2. The fourth-order valence-corrected chi connectivity index (χ4v) is 6.70. The van der Waals surface area contributed by atoms with Crippen LogP contribution in [0.5, 0.6) is 0 Å². The fraction of sp³-hybridized carbons (Fsp3) is 0.500. The number of allylic oxidation sites excluding steroid dienone is 4. The van der Waals surface area contributed by atoms with Crippen LogP contribution < -0.4 is 0 Å². The van der Waals surface area contributed by atoms with Crippen molar-refractivity contribution in [3.05, 3.63) is 58.7 Å². The van der Waals surface area contributed by atoms with Gasteiger partial charge in [0.1, 0.15) is 0 Å². The lowest BCUT2D eigenvalue weighted by atomic mass is 9.30. The quantitative estimate of drug-likeness (QED) is 0.475. The van der Waals surface area contributed by atoms with Crippen LogP contribution in [-0.2, 0) is 19.1 Å². The molecule has 0 amide bonds. The highest BCUT2D eigenvalue weighted by Gasteiger charge is 2.76. The summed E-state index contributed by atoms with van der Waals surface area (Å²) in [5, 5.41) is 0. The van der Waals surface area contributed by atoms with Gasteiger partial charge in [-0.1, -0.05) is 30.7 Å². The van der Waals surface area contributed by atoms with E-state index in [2.05, 4.69) is 13.2 Å². The lowest BCUT2D eigenvalue weighted by Crippen LogP contribution is -2.68. The molecule has 144 valence electrons. The van der Waals surface area contributed by atoms with Gasteiger partial charge >= 0.3 is 0 Å². The smallest absolute Gasteiger partial charge is 0.182 e. The van der Waals surface area contributed by atoms with Crippen LogP contribution in [0.3, 0.4) is 0 Å². The molecule has 3 fully saturated rings. The molecular formula is C24H24O4. The predicted octanol–water partition coefficient (Wildman–Crippen LogP) is 3.90. The summed E-state index contributed by atoms with van der Waals surface area (Å²) in [7, 11) is 0. The number of ether oxygens (including phenoxy) is 2. The molecule has 28 heavy (non-hydrogen) atoms. The molecule has 1 heterocycles. The van der Waals surface area contributed by atoms with Gasteiger partial charge in [0.25, 0.3) is 0 Å². The monoisotopic (exact) mass is 376 g/mol. The maximum atomic E-state index is 12.5. The summed E-state index contributed by atoms with van der Waals surface area (Å²) in [5.74, 6) is -0.563. The Morgan fingerprint density at radius 1 is 0.750 bits per heavy atom. The van der Waals surface area contributed by atoms with Gasteiger partial charge in [0, 0.05) is 24.0 Å². The third-order valence-corrected chi connectivity index (χ3v) is 8.29. The summed E-state index contributed by atoms with van der Waals surface area (Å²) in [6, 6.07) is 0. The fourth-order valence-electron chi connectivity index (χ4n) is 6.70. The average Bonchev–Trinajstić information content (AvgIpc) is 2.80. The summed E-state index contributed by atoms with van der Waals surface area (Å²) in [6.45, 7) is 9.79. The van der Waals surface area contributed by atoms with E-state index >= 15 is 0 Å². The number of carbonyl (C=O) groups excluding carboxylic acids is 2. The molecule has 2 saturated carbocycles. The predicted molar refractivity (Wildman–Crippen MR) is 103 cm³/mol. The zero-order valence-electron chi connectivity index (χ0n) is 16.1. The summed E-state index contributed by atoms with van der Waals surface area (Å²) in [6.07, 6.45) is 9.22. The van der Waals surface area contributed by atoms with Gasteiger partial charge in [-0.15, -0.1) is 0 Å². The number of rotatable bonds is 0. The average molecular weight is 376 g/mol. The molecule has 1 spiro atoms. The van der Waals surface area contributed by atoms with Crippen molar-refractivity contribution in [3.63, 3.8) is 0 Å². The third kappa shape index (κ3) is 1.63. The first-order chi connectivity index (χ1) is 13.5. The summed E-state index contributed by atoms with van der Waals surface area (Å²) < 4.78 is 13.0. The lowest BCUT2D eigenvalue weighted by molar-refractivity contribution is -0.244. The van der Waals surface area contributed by atoms with Crippen LogP contribution in [0.15, 0.2) is 58.7 Å². The van der Waals surface area contributed by atoms with Crippen molar-refractivity contribution < 1.29 is 19.1 Å². The summed E-state index contributed by atoms with van der Waals surface area (Å²) in [5.41, 5.74) is 5.24. The molecular weight excluding hydrogens is 352 g/mol. The van der Waals surface area contributed by atoms with Crippen molar-refractivity contribution in [2.75, 3.05) is 13.2 Å². The molecule has 6 aliphatic rings. The molecule has 0 aromatic rings. The van der Waals surface area contributed by atoms with Gasteiger partial charge in [-0.05, 0) is 49.0 Å². The van der Waals surface area contributed by atoms with E-state index in [-0.39, 0.29) is 22.4 Å². The molecule has 1 aliphatic heterocycles. The zero-order valence-corrected chi connectivity index (χ0v) is 16.1. The van der Waals surface area contributed by atoms with E-state index in [1.54, 1.807) is 0 Å². The molecule has 0 bridgehead atoms. The Morgan fingerprint density at radius 2 is 1.21 bits per heavy atom. The minimum absolute atomic E-state index is 0.0339. The highest BCUT2D eigenvalue weighted by molar-refractivity contribution is 6.21. The van der Waals surface area contributed by atoms with Crippen molar-refractivity contribution in [1.82, 2.24) is 0 Å². The van der Waals surface area contributed by atoms with Crippen molar-refractivity contribution in [2.45, 2.75) is 50.7 Å².